The molecule has 0 radical (unpaired) electrons. The maximum Gasteiger partial charge on any atom is 0.323 e. The summed E-state index contributed by atoms with van der Waals surface area (Å²) in [5.41, 5.74) is 4.63. The molecule has 5 heteroatoms. The molecule has 0 aromatic rings. The highest BCUT2D eigenvalue weighted by molar-refractivity contribution is 5.77. The van der Waals surface area contributed by atoms with Gasteiger partial charge in [-0.3, -0.25) is 9.69 Å². The molecular formula is C15H32N2O3. The summed E-state index contributed by atoms with van der Waals surface area (Å²) in [6.45, 7) is 8.64. The van der Waals surface area contributed by atoms with Gasteiger partial charge < -0.3 is 15.6 Å². The Labute approximate surface area is 123 Å². The average molecular weight is 288 g/mol. The minimum Gasteiger partial charge on any atom is -0.480 e. The Hall–Kier alpha value is -0.650. The van der Waals surface area contributed by atoms with Crippen molar-refractivity contribution >= 4 is 5.97 Å². The van der Waals surface area contributed by atoms with E-state index in [2.05, 4.69) is 18.7 Å². The van der Waals surface area contributed by atoms with Crippen LogP contribution in [0.15, 0.2) is 0 Å². The van der Waals surface area contributed by atoms with E-state index in [1.807, 2.05) is 0 Å². The number of carboxylic acids is 1. The van der Waals surface area contributed by atoms with Crippen LogP contribution in [0.2, 0.25) is 0 Å². The van der Waals surface area contributed by atoms with E-state index >= 15 is 0 Å². The molecule has 3 N–H and O–H groups in total. The summed E-state index contributed by atoms with van der Waals surface area (Å²) >= 11 is 0. The highest BCUT2D eigenvalue weighted by atomic mass is 16.5. The van der Waals surface area contributed by atoms with E-state index in [0.29, 0.717) is 12.5 Å². The number of aliphatic carboxylic acids is 1. The minimum atomic E-state index is -1.10. The van der Waals surface area contributed by atoms with Crippen molar-refractivity contribution in [2.45, 2.75) is 64.5 Å². The van der Waals surface area contributed by atoms with Crippen LogP contribution in [0.1, 0.15) is 52.9 Å². The number of carbonyl (C=O) groups is 1. The molecule has 0 aliphatic carbocycles. The lowest BCUT2D eigenvalue weighted by molar-refractivity contribution is -0.142. The van der Waals surface area contributed by atoms with Crippen LogP contribution < -0.4 is 5.73 Å². The Morgan fingerprint density at radius 1 is 1.30 bits per heavy atom. The Morgan fingerprint density at radius 2 is 1.90 bits per heavy atom. The van der Waals surface area contributed by atoms with Crippen molar-refractivity contribution < 1.29 is 14.6 Å². The summed E-state index contributed by atoms with van der Waals surface area (Å²) in [7, 11) is 1.72. The van der Waals surface area contributed by atoms with Gasteiger partial charge in [0.25, 0.3) is 0 Å². The molecule has 0 amide bonds. The van der Waals surface area contributed by atoms with Crippen molar-refractivity contribution in [3.05, 3.63) is 0 Å². The molecule has 0 aliphatic heterocycles. The van der Waals surface area contributed by atoms with Crippen LogP contribution in [0.5, 0.6) is 0 Å². The van der Waals surface area contributed by atoms with Crippen LogP contribution in [-0.2, 0) is 9.53 Å². The molecule has 0 fully saturated rings. The van der Waals surface area contributed by atoms with Gasteiger partial charge in [-0.2, -0.15) is 0 Å². The Morgan fingerprint density at radius 3 is 2.35 bits per heavy atom. The zero-order valence-electron chi connectivity index (χ0n) is 13.5. The number of methoxy groups -OCH3 is 1. The molecule has 0 heterocycles. The molecule has 0 bridgehead atoms. The van der Waals surface area contributed by atoms with Crippen LogP contribution >= 0.6 is 0 Å². The molecule has 20 heavy (non-hydrogen) atoms. The quantitative estimate of drug-likeness (QED) is 0.538. The molecule has 0 saturated heterocycles. The highest BCUT2D eigenvalue weighted by Crippen LogP contribution is 2.14. The van der Waals surface area contributed by atoms with E-state index in [-0.39, 0.29) is 0 Å². The maximum absolute atomic E-state index is 10.9. The summed E-state index contributed by atoms with van der Waals surface area (Å²) in [5.74, 6) is -0.922. The predicted molar refractivity (Wildman–Crippen MR) is 81.9 cm³/mol. The normalized spacial score (nSPS) is 14.8. The lowest BCUT2D eigenvalue weighted by Gasteiger charge is -2.30. The second kappa shape index (κ2) is 10.1. The molecule has 1 atom stereocenters. The van der Waals surface area contributed by atoms with E-state index in [4.69, 9.17) is 15.6 Å². The van der Waals surface area contributed by atoms with Gasteiger partial charge in [-0.05, 0) is 45.6 Å². The third-order valence-electron chi connectivity index (χ3n) is 3.92. The fraction of sp³-hybridized carbons (Fsp3) is 0.933. The highest BCUT2D eigenvalue weighted by Gasteiger charge is 2.27. The third-order valence-corrected chi connectivity index (χ3v) is 3.92. The average Bonchev–Trinajstić information content (AvgIpc) is 2.40. The standard InChI is InChI=1S/C15H32N2O3/c1-5-13(6-2)17(11-12-20-4)10-8-7-9-15(3,16)14(18)19/h13H,5-12,16H2,1-4H3,(H,18,19). The maximum atomic E-state index is 10.9. The van der Waals surface area contributed by atoms with Crippen molar-refractivity contribution in [3.63, 3.8) is 0 Å². The molecule has 0 aliphatic rings. The van der Waals surface area contributed by atoms with Gasteiger partial charge in [0, 0.05) is 19.7 Å². The van der Waals surface area contributed by atoms with Gasteiger partial charge in [-0.25, -0.2) is 0 Å². The summed E-state index contributed by atoms with van der Waals surface area (Å²) < 4.78 is 5.16. The second-order valence-electron chi connectivity index (χ2n) is 5.68. The zero-order valence-corrected chi connectivity index (χ0v) is 13.5. The van der Waals surface area contributed by atoms with Gasteiger partial charge in [0.05, 0.1) is 6.61 Å². The first kappa shape index (κ1) is 19.4. The van der Waals surface area contributed by atoms with Crippen LogP contribution in [-0.4, -0.2) is 54.4 Å². The number of carboxylic acid groups (broad SMARTS) is 1. The lowest BCUT2D eigenvalue weighted by Crippen LogP contribution is -2.45. The largest absolute Gasteiger partial charge is 0.480 e. The molecule has 0 saturated carbocycles. The van der Waals surface area contributed by atoms with E-state index < -0.39 is 11.5 Å². The lowest BCUT2D eigenvalue weighted by atomic mass is 9.96. The second-order valence-corrected chi connectivity index (χ2v) is 5.68. The van der Waals surface area contributed by atoms with Gasteiger partial charge in [-0.15, -0.1) is 0 Å². The summed E-state index contributed by atoms with van der Waals surface area (Å²) in [6, 6.07) is 0.578. The summed E-state index contributed by atoms with van der Waals surface area (Å²) in [6.07, 6.45) is 4.58. The van der Waals surface area contributed by atoms with E-state index in [0.717, 1.165) is 45.4 Å². The Kier molecular flexibility index (Phi) is 9.80. The fourth-order valence-electron chi connectivity index (χ4n) is 2.40. The molecule has 1 unspecified atom stereocenters. The molecule has 120 valence electrons. The number of nitrogens with two attached hydrogens (primary N) is 1. The number of hydrogen-bond acceptors (Lipinski definition) is 4. The van der Waals surface area contributed by atoms with Crippen LogP contribution in [0.3, 0.4) is 0 Å². The van der Waals surface area contributed by atoms with E-state index in [1.165, 1.54) is 0 Å². The first-order chi connectivity index (χ1) is 9.38. The van der Waals surface area contributed by atoms with Gasteiger partial charge in [0.2, 0.25) is 0 Å². The molecule has 0 aromatic heterocycles. The number of nitrogens with zero attached hydrogens (tertiary/aromatic N) is 1. The van der Waals surface area contributed by atoms with Gasteiger partial charge in [0.15, 0.2) is 0 Å². The number of unbranched alkanes of at least 4 members (excludes halogenated alkanes) is 1. The molecular weight excluding hydrogens is 256 g/mol. The smallest absolute Gasteiger partial charge is 0.323 e. The monoisotopic (exact) mass is 288 g/mol. The topological polar surface area (TPSA) is 75.8 Å². The van der Waals surface area contributed by atoms with Crippen molar-refractivity contribution in [2.24, 2.45) is 5.73 Å². The van der Waals surface area contributed by atoms with Crippen molar-refractivity contribution in [2.75, 3.05) is 26.8 Å². The third kappa shape index (κ3) is 7.22. The Balaban J connectivity index is 4.16. The van der Waals surface area contributed by atoms with E-state index in [1.54, 1.807) is 14.0 Å². The molecule has 5 nitrogen and oxygen atoms in total. The first-order valence-electron chi connectivity index (χ1n) is 7.64. The van der Waals surface area contributed by atoms with Gasteiger partial charge >= 0.3 is 5.97 Å². The van der Waals surface area contributed by atoms with Gasteiger partial charge in [-0.1, -0.05) is 13.8 Å². The number of rotatable bonds is 12. The van der Waals surface area contributed by atoms with Crippen LogP contribution in [0, 0.1) is 0 Å². The number of hydrogen-bond donors (Lipinski definition) is 2. The fourth-order valence-corrected chi connectivity index (χ4v) is 2.40. The molecule has 0 rings (SSSR count). The van der Waals surface area contributed by atoms with Crippen molar-refractivity contribution in [3.8, 4) is 0 Å². The van der Waals surface area contributed by atoms with Gasteiger partial charge in [0.1, 0.15) is 5.54 Å². The summed E-state index contributed by atoms with van der Waals surface area (Å²) in [4.78, 5) is 13.4. The van der Waals surface area contributed by atoms with E-state index in [9.17, 15) is 4.79 Å². The first-order valence-corrected chi connectivity index (χ1v) is 7.64. The van der Waals surface area contributed by atoms with Crippen molar-refractivity contribution in [1.29, 1.82) is 0 Å². The van der Waals surface area contributed by atoms with Crippen LogP contribution in [0.4, 0.5) is 0 Å². The number of ether oxygens (including phenoxy) is 1. The van der Waals surface area contributed by atoms with Crippen LogP contribution in [0.25, 0.3) is 0 Å². The zero-order chi connectivity index (χ0) is 15.6. The summed E-state index contributed by atoms with van der Waals surface area (Å²) in [5, 5.41) is 8.98. The van der Waals surface area contributed by atoms with Crippen molar-refractivity contribution in [1.82, 2.24) is 4.90 Å². The molecule has 0 aromatic carbocycles. The Bertz CT molecular complexity index is 266. The minimum absolute atomic E-state index is 0.517. The SMILES string of the molecule is CCC(CC)N(CCCCC(C)(N)C(=O)O)CCOC. The predicted octanol–water partition coefficient (Wildman–Crippen LogP) is 2.10. The molecule has 0 spiro atoms.